The van der Waals surface area contributed by atoms with Crippen molar-refractivity contribution in [3.05, 3.63) is 0 Å². The molecule has 106 valence electrons. The van der Waals surface area contributed by atoms with Crippen LogP contribution in [0.5, 0.6) is 0 Å². The Morgan fingerprint density at radius 2 is 1.72 bits per heavy atom. The summed E-state index contributed by atoms with van der Waals surface area (Å²) in [6, 6.07) is 0.0483. The van der Waals surface area contributed by atoms with Crippen molar-refractivity contribution in [2.45, 2.75) is 52.6 Å². The number of carbonyl (C=O) groups excluding carboxylic acids is 1. The highest BCUT2D eigenvalue weighted by atomic mass is 16.2. The third-order valence-corrected chi connectivity index (χ3v) is 3.89. The summed E-state index contributed by atoms with van der Waals surface area (Å²) in [5.74, 6) is 0.725. The van der Waals surface area contributed by atoms with E-state index in [0.29, 0.717) is 12.0 Å². The molecule has 0 aromatic rings. The van der Waals surface area contributed by atoms with Gasteiger partial charge in [-0.2, -0.15) is 0 Å². The number of rotatable bonds is 6. The highest BCUT2D eigenvalue weighted by Gasteiger charge is 2.26. The summed E-state index contributed by atoms with van der Waals surface area (Å²) in [4.78, 5) is 14.4. The number of carbonyl (C=O) groups is 1. The lowest BCUT2D eigenvalue weighted by molar-refractivity contribution is -0.123. The number of nitrogens with two attached hydrogens (primary N) is 1. The van der Waals surface area contributed by atoms with Crippen LogP contribution in [0.15, 0.2) is 0 Å². The standard InChI is InChI=1S/C14H29N3O/c1-10(2)12(17-7-5-6-8-17)9-16-14(18)13(15)11(3)4/h10-13H,5-9,15H2,1-4H3,(H,16,18)/t12?,13-/m0/s1. The van der Waals surface area contributed by atoms with Gasteiger partial charge in [-0.05, 0) is 37.8 Å². The average molecular weight is 255 g/mol. The largest absolute Gasteiger partial charge is 0.353 e. The van der Waals surface area contributed by atoms with Gasteiger partial charge in [0.15, 0.2) is 0 Å². The van der Waals surface area contributed by atoms with E-state index < -0.39 is 6.04 Å². The monoisotopic (exact) mass is 255 g/mol. The van der Waals surface area contributed by atoms with Gasteiger partial charge >= 0.3 is 0 Å². The van der Waals surface area contributed by atoms with E-state index >= 15 is 0 Å². The van der Waals surface area contributed by atoms with Crippen molar-refractivity contribution in [3.63, 3.8) is 0 Å². The molecule has 1 amide bonds. The van der Waals surface area contributed by atoms with Gasteiger partial charge in [-0.1, -0.05) is 27.7 Å². The Morgan fingerprint density at radius 3 is 2.17 bits per heavy atom. The van der Waals surface area contributed by atoms with Crippen LogP contribution in [0.2, 0.25) is 0 Å². The zero-order chi connectivity index (χ0) is 13.7. The Balaban J connectivity index is 2.44. The van der Waals surface area contributed by atoms with Gasteiger partial charge in [0, 0.05) is 12.6 Å². The Morgan fingerprint density at radius 1 is 1.17 bits per heavy atom. The van der Waals surface area contributed by atoms with E-state index in [0.717, 1.165) is 19.6 Å². The first-order chi connectivity index (χ1) is 8.43. The SMILES string of the molecule is CC(C)C(CNC(=O)[C@@H](N)C(C)C)N1CCCC1. The minimum absolute atomic E-state index is 0.0187. The average Bonchev–Trinajstić information content (AvgIpc) is 2.81. The number of amides is 1. The first-order valence-electron chi connectivity index (χ1n) is 7.20. The molecule has 0 spiro atoms. The van der Waals surface area contributed by atoms with Crippen LogP contribution in [0.3, 0.4) is 0 Å². The molecule has 1 aliphatic heterocycles. The summed E-state index contributed by atoms with van der Waals surface area (Å²) in [6.07, 6.45) is 2.56. The molecule has 18 heavy (non-hydrogen) atoms. The van der Waals surface area contributed by atoms with Gasteiger partial charge in [0.25, 0.3) is 0 Å². The van der Waals surface area contributed by atoms with E-state index in [9.17, 15) is 4.79 Å². The van der Waals surface area contributed by atoms with E-state index in [2.05, 4.69) is 24.1 Å². The minimum Gasteiger partial charge on any atom is -0.353 e. The molecule has 0 aliphatic carbocycles. The Bertz CT molecular complexity index is 260. The Hall–Kier alpha value is -0.610. The van der Waals surface area contributed by atoms with Crippen LogP contribution in [-0.2, 0) is 4.79 Å². The van der Waals surface area contributed by atoms with Crippen molar-refractivity contribution in [3.8, 4) is 0 Å². The molecule has 1 fully saturated rings. The molecule has 0 bridgehead atoms. The number of nitrogens with zero attached hydrogens (tertiary/aromatic N) is 1. The van der Waals surface area contributed by atoms with Crippen LogP contribution in [0, 0.1) is 11.8 Å². The fourth-order valence-electron chi connectivity index (χ4n) is 2.49. The molecule has 1 unspecified atom stereocenters. The van der Waals surface area contributed by atoms with Crippen LogP contribution in [0.1, 0.15) is 40.5 Å². The van der Waals surface area contributed by atoms with E-state index in [-0.39, 0.29) is 11.8 Å². The van der Waals surface area contributed by atoms with Gasteiger partial charge < -0.3 is 11.1 Å². The molecule has 0 aromatic heterocycles. The highest BCUT2D eigenvalue weighted by molar-refractivity contribution is 5.81. The lowest BCUT2D eigenvalue weighted by Crippen LogP contribution is -2.50. The van der Waals surface area contributed by atoms with Gasteiger partial charge in [0.1, 0.15) is 0 Å². The summed E-state index contributed by atoms with van der Waals surface area (Å²) in [5.41, 5.74) is 5.85. The maximum absolute atomic E-state index is 11.9. The highest BCUT2D eigenvalue weighted by Crippen LogP contribution is 2.17. The number of hydrogen-bond donors (Lipinski definition) is 2. The lowest BCUT2D eigenvalue weighted by atomic mass is 10.0. The zero-order valence-corrected chi connectivity index (χ0v) is 12.3. The molecule has 1 rings (SSSR count). The topological polar surface area (TPSA) is 58.4 Å². The fourth-order valence-corrected chi connectivity index (χ4v) is 2.49. The second kappa shape index (κ2) is 7.10. The first-order valence-corrected chi connectivity index (χ1v) is 7.20. The van der Waals surface area contributed by atoms with E-state index in [1.54, 1.807) is 0 Å². The quantitative estimate of drug-likeness (QED) is 0.750. The Labute approximate surface area is 111 Å². The van der Waals surface area contributed by atoms with Crippen LogP contribution in [-0.4, -0.2) is 42.5 Å². The predicted octanol–water partition coefficient (Wildman–Crippen LogP) is 1.21. The van der Waals surface area contributed by atoms with Crippen LogP contribution in [0.25, 0.3) is 0 Å². The second-order valence-electron chi connectivity index (χ2n) is 6.07. The van der Waals surface area contributed by atoms with Crippen LogP contribution < -0.4 is 11.1 Å². The van der Waals surface area contributed by atoms with Gasteiger partial charge in [-0.15, -0.1) is 0 Å². The molecule has 4 nitrogen and oxygen atoms in total. The van der Waals surface area contributed by atoms with Crippen molar-refractivity contribution < 1.29 is 4.79 Å². The molecule has 4 heteroatoms. The van der Waals surface area contributed by atoms with Crippen molar-refractivity contribution >= 4 is 5.91 Å². The van der Waals surface area contributed by atoms with Crippen LogP contribution >= 0.6 is 0 Å². The van der Waals surface area contributed by atoms with Gasteiger partial charge in [0.2, 0.25) is 5.91 Å². The van der Waals surface area contributed by atoms with Gasteiger partial charge in [0.05, 0.1) is 6.04 Å². The molecule has 2 atom stereocenters. The molecule has 3 N–H and O–H groups in total. The smallest absolute Gasteiger partial charge is 0.237 e. The molecule has 0 radical (unpaired) electrons. The molecule has 1 aliphatic rings. The minimum atomic E-state index is -0.392. The Kier molecular flexibility index (Phi) is 6.09. The van der Waals surface area contributed by atoms with E-state index in [4.69, 9.17) is 5.73 Å². The summed E-state index contributed by atoms with van der Waals surface area (Å²) >= 11 is 0. The normalized spacial score (nSPS) is 20.4. The second-order valence-corrected chi connectivity index (χ2v) is 6.07. The van der Waals surface area contributed by atoms with Gasteiger partial charge in [-0.25, -0.2) is 0 Å². The van der Waals surface area contributed by atoms with Gasteiger partial charge in [-0.3, -0.25) is 9.69 Å². The molecule has 0 saturated carbocycles. The summed E-state index contributed by atoms with van der Waals surface area (Å²) < 4.78 is 0. The molecular formula is C14H29N3O. The lowest BCUT2D eigenvalue weighted by Gasteiger charge is -2.31. The third kappa shape index (κ3) is 4.25. The molecule has 1 saturated heterocycles. The zero-order valence-electron chi connectivity index (χ0n) is 12.3. The van der Waals surface area contributed by atoms with Crippen molar-refractivity contribution in [2.24, 2.45) is 17.6 Å². The van der Waals surface area contributed by atoms with E-state index in [1.807, 2.05) is 13.8 Å². The van der Waals surface area contributed by atoms with Crippen molar-refractivity contribution in [1.29, 1.82) is 0 Å². The van der Waals surface area contributed by atoms with Crippen LogP contribution in [0.4, 0.5) is 0 Å². The predicted molar refractivity (Wildman–Crippen MR) is 75.3 cm³/mol. The molecule has 1 heterocycles. The molecule has 0 aromatic carbocycles. The third-order valence-electron chi connectivity index (χ3n) is 3.89. The summed E-state index contributed by atoms with van der Waals surface area (Å²) in [6.45, 7) is 11.4. The number of likely N-dealkylation sites (tertiary alicyclic amines) is 1. The number of nitrogens with one attached hydrogen (secondary N) is 1. The summed E-state index contributed by atoms with van der Waals surface area (Å²) in [7, 11) is 0. The maximum Gasteiger partial charge on any atom is 0.237 e. The van der Waals surface area contributed by atoms with Crippen molar-refractivity contribution in [2.75, 3.05) is 19.6 Å². The number of hydrogen-bond acceptors (Lipinski definition) is 3. The summed E-state index contributed by atoms with van der Waals surface area (Å²) in [5, 5.41) is 3.02. The maximum atomic E-state index is 11.9. The molecular weight excluding hydrogens is 226 g/mol. The van der Waals surface area contributed by atoms with Crippen molar-refractivity contribution in [1.82, 2.24) is 10.2 Å². The first kappa shape index (κ1) is 15.4. The fraction of sp³-hybridized carbons (Fsp3) is 0.929. The van der Waals surface area contributed by atoms with E-state index in [1.165, 1.54) is 12.8 Å².